The first-order valence-electron chi connectivity index (χ1n) is 8.08. The van der Waals surface area contributed by atoms with Crippen LogP contribution in [0.2, 0.25) is 0 Å². The van der Waals surface area contributed by atoms with E-state index in [-0.39, 0.29) is 0 Å². The van der Waals surface area contributed by atoms with E-state index in [0.29, 0.717) is 12.0 Å². The second-order valence-corrected chi connectivity index (χ2v) is 6.54. The fraction of sp³-hybridized carbons (Fsp3) is 0.611. The van der Waals surface area contributed by atoms with Crippen LogP contribution in [0.1, 0.15) is 31.4 Å². The third-order valence-corrected chi connectivity index (χ3v) is 3.74. The molecule has 0 aliphatic rings. The van der Waals surface area contributed by atoms with Gasteiger partial charge in [0, 0.05) is 26.2 Å². The standard InChI is InChI=1S/C18H32N4/c1-14(2)10-17(22(5)6)13-21-18(19-4)20-12-16-9-7-8-15(3)11-16/h7-9,11,14,17H,10,12-13H2,1-6H3,(H2,19,20,21). The van der Waals surface area contributed by atoms with E-state index in [4.69, 9.17) is 0 Å². The van der Waals surface area contributed by atoms with E-state index in [2.05, 4.69) is 79.7 Å². The van der Waals surface area contributed by atoms with E-state index in [9.17, 15) is 0 Å². The van der Waals surface area contributed by atoms with Crippen LogP contribution in [-0.2, 0) is 6.54 Å². The van der Waals surface area contributed by atoms with Crippen LogP contribution in [0, 0.1) is 12.8 Å². The predicted octanol–water partition coefficient (Wildman–Crippen LogP) is 2.64. The molecule has 0 radical (unpaired) electrons. The maximum atomic E-state index is 4.31. The van der Waals surface area contributed by atoms with Gasteiger partial charge in [0.1, 0.15) is 0 Å². The summed E-state index contributed by atoms with van der Waals surface area (Å²) in [6, 6.07) is 9.05. The van der Waals surface area contributed by atoms with Gasteiger partial charge < -0.3 is 15.5 Å². The normalized spacial score (nSPS) is 13.5. The molecule has 1 rings (SSSR count). The molecule has 0 aromatic heterocycles. The summed E-state index contributed by atoms with van der Waals surface area (Å²) in [6.45, 7) is 8.34. The van der Waals surface area contributed by atoms with Crippen molar-refractivity contribution in [2.45, 2.75) is 39.8 Å². The van der Waals surface area contributed by atoms with Gasteiger partial charge in [-0.1, -0.05) is 43.7 Å². The first-order valence-corrected chi connectivity index (χ1v) is 8.08. The lowest BCUT2D eigenvalue weighted by Gasteiger charge is -2.27. The molecule has 0 bridgehead atoms. The van der Waals surface area contributed by atoms with Crippen LogP contribution in [0.4, 0.5) is 0 Å². The van der Waals surface area contributed by atoms with Crippen molar-refractivity contribution in [2.75, 3.05) is 27.7 Å². The maximum Gasteiger partial charge on any atom is 0.191 e. The summed E-state index contributed by atoms with van der Waals surface area (Å²) in [5, 5.41) is 6.82. The monoisotopic (exact) mass is 304 g/mol. The molecule has 0 fully saturated rings. The largest absolute Gasteiger partial charge is 0.355 e. The Labute approximate surface area is 136 Å². The molecular formula is C18H32N4. The van der Waals surface area contributed by atoms with Crippen LogP contribution >= 0.6 is 0 Å². The highest BCUT2D eigenvalue weighted by Gasteiger charge is 2.13. The quantitative estimate of drug-likeness (QED) is 0.601. The highest BCUT2D eigenvalue weighted by Crippen LogP contribution is 2.08. The van der Waals surface area contributed by atoms with Gasteiger partial charge in [-0.15, -0.1) is 0 Å². The zero-order chi connectivity index (χ0) is 16.5. The lowest BCUT2D eigenvalue weighted by Crippen LogP contribution is -2.45. The molecule has 4 nitrogen and oxygen atoms in total. The third kappa shape index (κ3) is 6.94. The van der Waals surface area contributed by atoms with Crippen LogP contribution in [0.5, 0.6) is 0 Å². The van der Waals surface area contributed by atoms with E-state index in [0.717, 1.165) is 19.0 Å². The first kappa shape index (κ1) is 18.5. The van der Waals surface area contributed by atoms with Crippen LogP contribution in [-0.4, -0.2) is 44.6 Å². The lowest BCUT2D eigenvalue weighted by molar-refractivity contribution is 0.254. The number of nitrogens with one attached hydrogen (secondary N) is 2. The number of aliphatic imine (C=N–C) groups is 1. The Morgan fingerprint density at radius 2 is 1.95 bits per heavy atom. The molecule has 4 heteroatoms. The van der Waals surface area contributed by atoms with Gasteiger partial charge in [0.15, 0.2) is 5.96 Å². The number of hydrogen-bond acceptors (Lipinski definition) is 2. The van der Waals surface area contributed by atoms with Crippen molar-refractivity contribution in [3.05, 3.63) is 35.4 Å². The Morgan fingerprint density at radius 3 is 2.50 bits per heavy atom. The Balaban J connectivity index is 2.48. The Bertz CT molecular complexity index is 466. The molecule has 0 heterocycles. The summed E-state index contributed by atoms with van der Waals surface area (Å²) in [7, 11) is 6.09. The zero-order valence-electron chi connectivity index (χ0n) is 15.0. The first-order chi connectivity index (χ1) is 10.4. The van der Waals surface area contributed by atoms with Crippen molar-refractivity contribution in [2.24, 2.45) is 10.9 Å². The van der Waals surface area contributed by atoms with Crippen molar-refractivity contribution >= 4 is 5.96 Å². The van der Waals surface area contributed by atoms with Crippen LogP contribution in [0.3, 0.4) is 0 Å². The molecule has 1 aromatic rings. The van der Waals surface area contributed by atoms with Gasteiger partial charge in [0.25, 0.3) is 0 Å². The van der Waals surface area contributed by atoms with Gasteiger partial charge in [0.2, 0.25) is 0 Å². The summed E-state index contributed by atoms with van der Waals surface area (Å²) in [4.78, 5) is 6.59. The minimum absolute atomic E-state index is 0.512. The smallest absolute Gasteiger partial charge is 0.191 e. The van der Waals surface area contributed by atoms with Gasteiger partial charge in [-0.25, -0.2) is 0 Å². The van der Waals surface area contributed by atoms with Crippen molar-refractivity contribution in [3.63, 3.8) is 0 Å². The Morgan fingerprint density at radius 1 is 1.23 bits per heavy atom. The lowest BCUT2D eigenvalue weighted by atomic mass is 10.0. The minimum atomic E-state index is 0.512. The Hall–Kier alpha value is -1.55. The summed E-state index contributed by atoms with van der Waals surface area (Å²) in [5.74, 6) is 1.55. The molecule has 0 amide bonds. The molecular weight excluding hydrogens is 272 g/mol. The SMILES string of the molecule is CN=C(NCc1cccc(C)c1)NCC(CC(C)C)N(C)C. The van der Waals surface area contributed by atoms with Crippen LogP contribution in [0.15, 0.2) is 29.3 Å². The van der Waals surface area contributed by atoms with Gasteiger partial charge in [-0.05, 0) is 38.9 Å². The van der Waals surface area contributed by atoms with Crippen molar-refractivity contribution in [1.29, 1.82) is 0 Å². The summed E-state index contributed by atoms with van der Waals surface area (Å²) >= 11 is 0. The molecule has 2 N–H and O–H groups in total. The van der Waals surface area contributed by atoms with E-state index in [1.807, 2.05) is 7.05 Å². The van der Waals surface area contributed by atoms with Gasteiger partial charge in [-0.3, -0.25) is 4.99 Å². The zero-order valence-corrected chi connectivity index (χ0v) is 15.0. The highest BCUT2D eigenvalue weighted by atomic mass is 15.2. The maximum absolute atomic E-state index is 4.31. The minimum Gasteiger partial charge on any atom is -0.355 e. The number of aryl methyl sites for hydroxylation is 1. The second kappa shape index (κ2) is 9.46. The van der Waals surface area contributed by atoms with Crippen LogP contribution in [0.25, 0.3) is 0 Å². The average molecular weight is 304 g/mol. The van der Waals surface area contributed by atoms with Crippen molar-refractivity contribution in [3.8, 4) is 0 Å². The Kier molecular flexibility index (Phi) is 7.96. The van der Waals surface area contributed by atoms with Crippen molar-refractivity contribution < 1.29 is 0 Å². The van der Waals surface area contributed by atoms with Gasteiger partial charge >= 0.3 is 0 Å². The van der Waals surface area contributed by atoms with E-state index in [1.165, 1.54) is 17.5 Å². The summed E-state index contributed by atoms with van der Waals surface area (Å²) in [6.07, 6.45) is 1.18. The highest BCUT2D eigenvalue weighted by molar-refractivity contribution is 5.79. The third-order valence-electron chi connectivity index (χ3n) is 3.74. The number of nitrogens with zero attached hydrogens (tertiary/aromatic N) is 2. The topological polar surface area (TPSA) is 39.7 Å². The number of benzene rings is 1. The number of likely N-dealkylation sites (N-methyl/N-ethyl adjacent to an activating group) is 1. The molecule has 0 saturated carbocycles. The van der Waals surface area contributed by atoms with Crippen LogP contribution < -0.4 is 10.6 Å². The molecule has 1 atom stereocenters. The molecule has 0 aliphatic heterocycles. The molecule has 0 saturated heterocycles. The summed E-state index contributed by atoms with van der Waals surface area (Å²) < 4.78 is 0. The molecule has 0 aliphatic carbocycles. The average Bonchev–Trinajstić information content (AvgIpc) is 2.45. The van der Waals surface area contributed by atoms with Crippen molar-refractivity contribution in [1.82, 2.24) is 15.5 Å². The van der Waals surface area contributed by atoms with Gasteiger partial charge in [-0.2, -0.15) is 0 Å². The molecule has 124 valence electrons. The number of guanidine groups is 1. The number of rotatable bonds is 7. The number of hydrogen-bond donors (Lipinski definition) is 2. The van der Waals surface area contributed by atoms with E-state index in [1.54, 1.807) is 0 Å². The molecule has 1 aromatic carbocycles. The molecule has 22 heavy (non-hydrogen) atoms. The second-order valence-electron chi connectivity index (χ2n) is 6.54. The fourth-order valence-corrected chi connectivity index (χ4v) is 2.46. The van der Waals surface area contributed by atoms with Gasteiger partial charge in [0.05, 0.1) is 0 Å². The predicted molar refractivity (Wildman–Crippen MR) is 96.3 cm³/mol. The fourth-order valence-electron chi connectivity index (χ4n) is 2.46. The molecule has 0 spiro atoms. The van der Waals surface area contributed by atoms with E-state index < -0.39 is 0 Å². The summed E-state index contributed by atoms with van der Waals surface area (Å²) in [5.41, 5.74) is 2.56. The van der Waals surface area contributed by atoms with E-state index >= 15 is 0 Å². The molecule has 1 unspecified atom stereocenters.